The van der Waals surface area contributed by atoms with Gasteiger partial charge in [0.2, 0.25) is 11.8 Å². The Hall–Kier alpha value is -3.21. The van der Waals surface area contributed by atoms with Crippen LogP contribution in [0.4, 0.5) is 5.69 Å². The van der Waals surface area contributed by atoms with Crippen LogP contribution in [0.1, 0.15) is 29.3 Å². The van der Waals surface area contributed by atoms with Gasteiger partial charge in [0, 0.05) is 17.8 Å². The van der Waals surface area contributed by atoms with E-state index in [1.54, 1.807) is 12.1 Å². The van der Waals surface area contributed by atoms with Gasteiger partial charge in [-0.25, -0.2) is 0 Å². The van der Waals surface area contributed by atoms with Crippen LogP contribution in [0.5, 0.6) is 0 Å². The maximum Gasteiger partial charge on any atom is 0.235 e. The van der Waals surface area contributed by atoms with E-state index in [0.717, 1.165) is 11.3 Å². The molecule has 4 atom stereocenters. The molecular weight excluding hydrogens is 364 g/mol. The summed E-state index contributed by atoms with van der Waals surface area (Å²) in [6.45, 7) is 2.36. The van der Waals surface area contributed by atoms with Crippen molar-refractivity contribution in [1.82, 2.24) is 4.90 Å². The van der Waals surface area contributed by atoms with Gasteiger partial charge in [0.15, 0.2) is 5.78 Å². The molecule has 5 nitrogen and oxygen atoms in total. The number of hydrogen-bond donors (Lipinski definition) is 0. The molecule has 0 radical (unpaired) electrons. The molecule has 2 fully saturated rings. The van der Waals surface area contributed by atoms with Crippen LogP contribution in [0.2, 0.25) is 0 Å². The van der Waals surface area contributed by atoms with Crippen molar-refractivity contribution in [2.75, 3.05) is 11.4 Å². The molecule has 0 aliphatic carbocycles. The van der Waals surface area contributed by atoms with Gasteiger partial charge in [-0.05, 0) is 18.1 Å². The first-order valence-electron chi connectivity index (χ1n) is 10.1. The molecule has 5 rings (SSSR count). The highest BCUT2D eigenvalue weighted by atomic mass is 16.2. The predicted octanol–water partition coefficient (Wildman–Crippen LogP) is 3.16. The monoisotopic (exact) mass is 386 g/mol. The molecule has 3 aliphatic heterocycles. The van der Waals surface area contributed by atoms with Crippen molar-refractivity contribution in [3.63, 3.8) is 0 Å². The molecule has 0 spiro atoms. The third kappa shape index (κ3) is 2.50. The van der Waals surface area contributed by atoms with Gasteiger partial charge in [-0.2, -0.15) is 0 Å². The second-order valence-electron chi connectivity index (χ2n) is 7.87. The highest BCUT2D eigenvalue weighted by molar-refractivity contribution is 6.14. The van der Waals surface area contributed by atoms with Crippen molar-refractivity contribution < 1.29 is 14.4 Å². The number of Topliss-reactive ketones (excluding diaryl/α,β-unsaturated/α-hetero) is 1. The number of carbonyl (C=O) groups is 3. The number of carbonyl (C=O) groups excluding carboxylic acids is 3. The number of hydrogen-bond acceptors (Lipinski definition) is 4. The molecule has 3 heterocycles. The van der Waals surface area contributed by atoms with Crippen molar-refractivity contribution >= 4 is 29.4 Å². The Morgan fingerprint density at radius 3 is 2.38 bits per heavy atom. The highest BCUT2D eigenvalue weighted by Crippen LogP contribution is 2.48. The number of fused-ring (bicyclic) bond motifs is 5. The summed E-state index contributed by atoms with van der Waals surface area (Å²) in [5.41, 5.74) is 2.48. The minimum atomic E-state index is -0.684. The van der Waals surface area contributed by atoms with Crippen molar-refractivity contribution in [1.29, 1.82) is 0 Å². The fraction of sp³-hybridized carbons (Fsp3) is 0.292. The maximum absolute atomic E-state index is 13.6. The van der Waals surface area contributed by atoms with Crippen LogP contribution >= 0.6 is 0 Å². The molecule has 2 amide bonds. The Balaban J connectivity index is 1.66. The third-order valence-corrected chi connectivity index (χ3v) is 6.28. The molecule has 146 valence electrons. The smallest absolute Gasteiger partial charge is 0.235 e. The second-order valence-corrected chi connectivity index (χ2v) is 7.87. The van der Waals surface area contributed by atoms with E-state index in [2.05, 4.69) is 0 Å². The molecule has 3 aliphatic rings. The first-order chi connectivity index (χ1) is 14.1. The minimum absolute atomic E-state index is 0.104. The van der Waals surface area contributed by atoms with E-state index in [1.165, 1.54) is 4.90 Å². The van der Waals surface area contributed by atoms with Crippen molar-refractivity contribution in [3.05, 3.63) is 71.8 Å². The number of ketones is 1. The zero-order chi connectivity index (χ0) is 20.1. The molecule has 0 saturated carbocycles. The molecule has 2 aromatic rings. The van der Waals surface area contributed by atoms with Gasteiger partial charge in [-0.3, -0.25) is 19.3 Å². The predicted molar refractivity (Wildman–Crippen MR) is 110 cm³/mol. The molecule has 5 heteroatoms. The van der Waals surface area contributed by atoms with E-state index in [-0.39, 0.29) is 23.6 Å². The normalized spacial score (nSPS) is 27.1. The molecule has 0 aromatic heterocycles. The molecule has 2 aromatic carbocycles. The standard InChI is InChI=1S/C24H22N2O3/c1-2-14-25-23(28)19-18-13-12-15-8-6-7-11-17(15)26(18)21(20(19)24(25)29)22(27)16-9-4-3-5-10-16/h3-13,18-21H,2,14H2,1H3. The summed E-state index contributed by atoms with van der Waals surface area (Å²) in [6, 6.07) is 15.9. The fourth-order valence-corrected chi connectivity index (χ4v) is 5.09. The van der Waals surface area contributed by atoms with Crippen LogP contribution in [-0.2, 0) is 9.59 Å². The number of imide groups is 1. The average molecular weight is 386 g/mol. The topological polar surface area (TPSA) is 57.7 Å². The van der Waals surface area contributed by atoms with Crippen LogP contribution in [0.3, 0.4) is 0 Å². The Morgan fingerprint density at radius 2 is 1.62 bits per heavy atom. The van der Waals surface area contributed by atoms with E-state index in [1.807, 2.05) is 66.4 Å². The van der Waals surface area contributed by atoms with Crippen LogP contribution in [-0.4, -0.2) is 41.1 Å². The van der Waals surface area contributed by atoms with Gasteiger partial charge in [-0.1, -0.05) is 67.6 Å². The van der Waals surface area contributed by atoms with Crippen molar-refractivity contribution in [3.8, 4) is 0 Å². The number of amides is 2. The SMILES string of the molecule is CCCN1C(=O)C2C(C1=O)C(C(=O)c1ccccc1)N1c3ccccc3C=CC21. The van der Waals surface area contributed by atoms with Gasteiger partial charge in [0.1, 0.15) is 6.04 Å². The lowest BCUT2D eigenvalue weighted by molar-refractivity contribution is -0.140. The summed E-state index contributed by atoms with van der Waals surface area (Å²) in [5.74, 6) is -1.63. The van der Waals surface area contributed by atoms with E-state index >= 15 is 0 Å². The van der Waals surface area contributed by atoms with Crippen molar-refractivity contribution in [2.45, 2.75) is 25.4 Å². The number of likely N-dealkylation sites (tertiary alicyclic amines) is 1. The Kier molecular flexibility index (Phi) is 4.12. The van der Waals surface area contributed by atoms with Gasteiger partial charge in [0.05, 0.1) is 17.9 Å². The highest BCUT2D eigenvalue weighted by Gasteiger charge is 2.63. The quantitative estimate of drug-likeness (QED) is 0.598. The van der Waals surface area contributed by atoms with Crippen molar-refractivity contribution in [2.24, 2.45) is 11.8 Å². The maximum atomic E-state index is 13.6. The Labute approximate surface area is 169 Å². The molecule has 29 heavy (non-hydrogen) atoms. The van der Waals surface area contributed by atoms with Gasteiger partial charge >= 0.3 is 0 Å². The molecule has 0 bridgehead atoms. The lowest BCUT2D eigenvalue weighted by Gasteiger charge is -2.36. The Bertz CT molecular complexity index is 1030. The number of anilines is 1. The lowest BCUT2D eigenvalue weighted by Crippen LogP contribution is -2.48. The Morgan fingerprint density at radius 1 is 0.931 bits per heavy atom. The van der Waals surface area contributed by atoms with Crippen LogP contribution in [0, 0.1) is 11.8 Å². The molecule has 4 unspecified atom stereocenters. The van der Waals surface area contributed by atoms with Crippen LogP contribution in [0.15, 0.2) is 60.7 Å². The summed E-state index contributed by atoms with van der Waals surface area (Å²) >= 11 is 0. The number of rotatable bonds is 4. The first-order valence-corrected chi connectivity index (χ1v) is 10.1. The first kappa shape index (κ1) is 17.9. The zero-order valence-electron chi connectivity index (χ0n) is 16.2. The number of benzene rings is 2. The summed E-state index contributed by atoms with van der Waals surface area (Å²) < 4.78 is 0. The number of nitrogens with zero attached hydrogens (tertiary/aromatic N) is 2. The van der Waals surface area contributed by atoms with E-state index in [4.69, 9.17) is 0 Å². The molecular formula is C24H22N2O3. The summed E-state index contributed by atoms with van der Waals surface area (Å²) in [5, 5.41) is 0. The number of para-hydroxylation sites is 1. The molecule has 2 saturated heterocycles. The van der Waals surface area contributed by atoms with Gasteiger partial charge < -0.3 is 4.90 Å². The van der Waals surface area contributed by atoms with Crippen LogP contribution < -0.4 is 4.90 Å². The second kappa shape index (κ2) is 6.69. The van der Waals surface area contributed by atoms with Gasteiger partial charge in [0.25, 0.3) is 0 Å². The largest absolute Gasteiger partial charge is 0.352 e. The lowest BCUT2D eigenvalue weighted by atomic mass is 9.86. The van der Waals surface area contributed by atoms with E-state index in [0.29, 0.717) is 18.5 Å². The summed E-state index contributed by atoms with van der Waals surface area (Å²) in [4.78, 5) is 43.5. The van der Waals surface area contributed by atoms with E-state index < -0.39 is 17.9 Å². The summed E-state index contributed by atoms with van der Waals surface area (Å²) in [7, 11) is 0. The minimum Gasteiger partial charge on any atom is -0.352 e. The average Bonchev–Trinajstić information content (AvgIpc) is 3.23. The van der Waals surface area contributed by atoms with Gasteiger partial charge in [-0.15, -0.1) is 0 Å². The fourth-order valence-electron chi connectivity index (χ4n) is 5.09. The zero-order valence-corrected chi connectivity index (χ0v) is 16.2. The molecule has 0 N–H and O–H groups in total. The third-order valence-electron chi connectivity index (χ3n) is 6.28. The van der Waals surface area contributed by atoms with Crippen LogP contribution in [0.25, 0.3) is 6.08 Å². The van der Waals surface area contributed by atoms with E-state index in [9.17, 15) is 14.4 Å². The summed E-state index contributed by atoms with van der Waals surface area (Å²) in [6.07, 6.45) is 4.70.